The largest absolute Gasteiger partial charge is 0.506 e. The molecule has 0 aromatic carbocycles. The lowest BCUT2D eigenvalue weighted by Crippen LogP contribution is -2.36. The number of aliphatic hydroxyl groups is 1. The monoisotopic (exact) mass is 238 g/mol. The number of pyridine rings is 1. The molecule has 1 heterocycles. The average molecular weight is 238 g/mol. The fourth-order valence-corrected chi connectivity index (χ4v) is 1.37. The summed E-state index contributed by atoms with van der Waals surface area (Å²) in [6.45, 7) is 8.79. The summed E-state index contributed by atoms with van der Waals surface area (Å²) in [5, 5.41) is 22.5. The van der Waals surface area contributed by atoms with Gasteiger partial charge in [-0.2, -0.15) is 0 Å². The molecule has 3 N–H and O–H groups in total. The van der Waals surface area contributed by atoms with Crippen LogP contribution in [0.15, 0.2) is 12.1 Å². The number of aromatic hydroxyl groups is 1. The Morgan fingerprint density at radius 1 is 1.35 bits per heavy atom. The van der Waals surface area contributed by atoms with Crippen molar-refractivity contribution in [3.05, 3.63) is 23.5 Å². The minimum atomic E-state index is -0.422. The van der Waals surface area contributed by atoms with Crippen LogP contribution in [0.4, 0.5) is 0 Å². The van der Waals surface area contributed by atoms with Gasteiger partial charge in [-0.15, -0.1) is 0 Å². The third-order valence-electron chi connectivity index (χ3n) is 2.72. The van der Waals surface area contributed by atoms with Crippen molar-refractivity contribution in [2.45, 2.75) is 40.3 Å². The predicted octanol–water partition coefficient (Wildman–Crippen LogP) is 1.59. The van der Waals surface area contributed by atoms with Crippen LogP contribution in [0.5, 0.6) is 5.75 Å². The number of hydrogen-bond acceptors (Lipinski definition) is 4. The highest BCUT2D eigenvalue weighted by Gasteiger charge is 2.21. The fourth-order valence-electron chi connectivity index (χ4n) is 1.37. The molecule has 1 atom stereocenters. The summed E-state index contributed by atoms with van der Waals surface area (Å²) < 4.78 is 0. The lowest BCUT2D eigenvalue weighted by molar-refractivity contribution is 0.0626. The average Bonchev–Trinajstić information content (AvgIpc) is 2.21. The molecule has 1 unspecified atom stereocenters. The summed E-state index contributed by atoms with van der Waals surface area (Å²) in [5.41, 5.74) is 1.34. The van der Waals surface area contributed by atoms with Gasteiger partial charge in [-0.25, -0.2) is 0 Å². The van der Waals surface area contributed by atoms with Crippen LogP contribution in [0.1, 0.15) is 32.2 Å². The zero-order valence-electron chi connectivity index (χ0n) is 11.0. The van der Waals surface area contributed by atoms with Crippen LogP contribution in [-0.2, 0) is 6.54 Å². The Morgan fingerprint density at radius 2 is 2.00 bits per heavy atom. The Morgan fingerprint density at radius 3 is 2.59 bits per heavy atom. The zero-order chi connectivity index (χ0) is 13.1. The van der Waals surface area contributed by atoms with Crippen molar-refractivity contribution in [1.82, 2.24) is 10.3 Å². The van der Waals surface area contributed by atoms with Crippen LogP contribution in [0.25, 0.3) is 0 Å². The third-order valence-corrected chi connectivity index (χ3v) is 2.72. The van der Waals surface area contributed by atoms with E-state index in [0.29, 0.717) is 18.8 Å². The maximum absolute atomic E-state index is 9.84. The number of nitrogens with one attached hydrogen (secondary N) is 1. The molecule has 1 aromatic heterocycles. The minimum absolute atomic E-state index is 0.144. The Hall–Kier alpha value is -1.13. The van der Waals surface area contributed by atoms with E-state index in [0.717, 1.165) is 5.69 Å². The smallest absolute Gasteiger partial charge is 0.138 e. The first-order valence-electron chi connectivity index (χ1n) is 5.85. The van der Waals surface area contributed by atoms with Gasteiger partial charge in [-0.1, -0.05) is 20.8 Å². The molecule has 0 fully saturated rings. The highest BCUT2D eigenvalue weighted by molar-refractivity contribution is 5.27. The quantitative estimate of drug-likeness (QED) is 0.745. The number of rotatable bonds is 4. The summed E-state index contributed by atoms with van der Waals surface area (Å²) in [6.07, 6.45) is -0.422. The van der Waals surface area contributed by atoms with Crippen LogP contribution in [0.2, 0.25) is 0 Å². The second-order valence-electron chi connectivity index (χ2n) is 5.43. The lowest BCUT2D eigenvalue weighted by atomic mass is 9.89. The number of hydrogen-bond donors (Lipinski definition) is 3. The SMILES string of the molecule is Cc1ccc(O)c(CNCC(O)C(C)(C)C)n1. The highest BCUT2D eigenvalue weighted by atomic mass is 16.3. The Bertz CT molecular complexity index is 372. The normalized spacial score (nSPS) is 13.7. The molecule has 0 radical (unpaired) electrons. The summed E-state index contributed by atoms with van der Waals surface area (Å²) in [6, 6.07) is 3.41. The molecule has 0 aliphatic heterocycles. The molecule has 0 amide bonds. The molecule has 17 heavy (non-hydrogen) atoms. The van der Waals surface area contributed by atoms with E-state index in [-0.39, 0.29) is 11.2 Å². The van der Waals surface area contributed by atoms with Crippen molar-refractivity contribution in [2.75, 3.05) is 6.54 Å². The Balaban J connectivity index is 2.49. The van der Waals surface area contributed by atoms with E-state index in [1.807, 2.05) is 27.7 Å². The summed E-state index contributed by atoms with van der Waals surface area (Å²) in [5.74, 6) is 0.188. The molecule has 1 aromatic rings. The molecular formula is C13H22N2O2. The molecule has 4 nitrogen and oxygen atoms in total. The predicted molar refractivity (Wildman–Crippen MR) is 67.8 cm³/mol. The van der Waals surface area contributed by atoms with Gasteiger partial charge in [-0.05, 0) is 24.5 Å². The number of aryl methyl sites for hydroxylation is 1. The van der Waals surface area contributed by atoms with E-state index in [2.05, 4.69) is 10.3 Å². The number of aromatic nitrogens is 1. The molecule has 0 bridgehead atoms. The van der Waals surface area contributed by atoms with E-state index in [4.69, 9.17) is 0 Å². The van der Waals surface area contributed by atoms with Crippen molar-refractivity contribution in [3.8, 4) is 5.75 Å². The molecule has 96 valence electrons. The third kappa shape index (κ3) is 4.32. The van der Waals surface area contributed by atoms with Crippen molar-refractivity contribution in [3.63, 3.8) is 0 Å². The van der Waals surface area contributed by atoms with Gasteiger partial charge in [0.25, 0.3) is 0 Å². The molecule has 0 aliphatic rings. The molecule has 0 spiro atoms. The van der Waals surface area contributed by atoms with E-state index in [9.17, 15) is 10.2 Å². The summed E-state index contributed by atoms with van der Waals surface area (Å²) >= 11 is 0. The second-order valence-corrected chi connectivity index (χ2v) is 5.43. The molecule has 0 aliphatic carbocycles. The van der Waals surface area contributed by atoms with Crippen molar-refractivity contribution in [2.24, 2.45) is 5.41 Å². The molecular weight excluding hydrogens is 216 g/mol. The van der Waals surface area contributed by atoms with Gasteiger partial charge < -0.3 is 15.5 Å². The van der Waals surface area contributed by atoms with E-state index in [1.54, 1.807) is 12.1 Å². The van der Waals surface area contributed by atoms with E-state index in [1.165, 1.54) is 0 Å². The first-order valence-corrected chi connectivity index (χ1v) is 5.85. The fraction of sp³-hybridized carbons (Fsp3) is 0.615. The van der Waals surface area contributed by atoms with Gasteiger partial charge in [0.1, 0.15) is 5.75 Å². The topological polar surface area (TPSA) is 65.4 Å². The van der Waals surface area contributed by atoms with Gasteiger partial charge >= 0.3 is 0 Å². The van der Waals surface area contributed by atoms with Crippen molar-refractivity contribution in [1.29, 1.82) is 0 Å². The first kappa shape index (κ1) is 13.9. The van der Waals surface area contributed by atoms with Gasteiger partial charge in [0.2, 0.25) is 0 Å². The van der Waals surface area contributed by atoms with Crippen LogP contribution in [0.3, 0.4) is 0 Å². The van der Waals surface area contributed by atoms with Gasteiger partial charge in [0.05, 0.1) is 11.8 Å². The molecule has 0 saturated carbocycles. The number of nitrogens with zero attached hydrogens (tertiary/aromatic N) is 1. The summed E-state index contributed by atoms with van der Waals surface area (Å²) in [7, 11) is 0. The maximum Gasteiger partial charge on any atom is 0.138 e. The van der Waals surface area contributed by atoms with Crippen LogP contribution in [0, 0.1) is 12.3 Å². The molecule has 0 saturated heterocycles. The van der Waals surface area contributed by atoms with Crippen LogP contribution in [-0.4, -0.2) is 27.8 Å². The highest BCUT2D eigenvalue weighted by Crippen LogP contribution is 2.19. The van der Waals surface area contributed by atoms with Gasteiger partial charge in [-0.3, -0.25) is 4.98 Å². The van der Waals surface area contributed by atoms with Crippen LogP contribution < -0.4 is 5.32 Å². The summed E-state index contributed by atoms with van der Waals surface area (Å²) in [4.78, 5) is 4.24. The van der Waals surface area contributed by atoms with E-state index < -0.39 is 6.10 Å². The molecule has 1 rings (SSSR count). The van der Waals surface area contributed by atoms with Crippen LogP contribution >= 0.6 is 0 Å². The Kier molecular flexibility index (Phi) is 4.48. The number of aliphatic hydroxyl groups excluding tert-OH is 1. The maximum atomic E-state index is 9.84. The first-order chi connectivity index (χ1) is 7.80. The standard InChI is InChI=1S/C13H22N2O2/c1-9-5-6-11(16)10(15-9)7-14-8-12(17)13(2,3)4/h5-6,12,14,16-17H,7-8H2,1-4H3. The molecule has 4 heteroatoms. The van der Waals surface area contributed by atoms with E-state index >= 15 is 0 Å². The lowest BCUT2D eigenvalue weighted by Gasteiger charge is -2.26. The second kappa shape index (κ2) is 5.47. The Labute approximate surface area is 103 Å². The minimum Gasteiger partial charge on any atom is -0.506 e. The van der Waals surface area contributed by atoms with Gasteiger partial charge in [0, 0.05) is 18.8 Å². The van der Waals surface area contributed by atoms with Crippen molar-refractivity contribution >= 4 is 0 Å². The van der Waals surface area contributed by atoms with Crippen molar-refractivity contribution < 1.29 is 10.2 Å². The van der Waals surface area contributed by atoms with Gasteiger partial charge in [0.15, 0.2) is 0 Å². The zero-order valence-corrected chi connectivity index (χ0v) is 11.0.